The van der Waals surface area contributed by atoms with Gasteiger partial charge in [-0.15, -0.1) is 0 Å². The fraction of sp³-hybridized carbons (Fsp3) is 0.417. The smallest absolute Gasteiger partial charge is 0.161 e. The molecular formula is C12H18N2O4S. The number of nitrogens with one attached hydrogen (secondary N) is 1. The Morgan fingerprint density at radius 1 is 1.37 bits per heavy atom. The van der Waals surface area contributed by atoms with Crippen LogP contribution in [0.15, 0.2) is 18.2 Å². The molecule has 0 unspecified atom stereocenters. The summed E-state index contributed by atoms with van der Waals surface area (Å²) < 4.78 is 32.5. The second-order valence-electron chi connectivity index (χ2n) is 4.11. The fourth-order valence-electron chi connectivity index (χ4n) is 1.46. The number of nitrogen functional groups attached to an aromatic ring is 1. The summed E-state index contributed by atoms with van der Waals surface area (Å²) in [6, 6.07) is 4.90. The molecule has 0 spiro atoms. The fourth-order valence-corrected chi connectivity index (χ4v) is 2.10. The SMILES string of the molecule is COc1cc(C(=N)N)ccc1OCCCS(C)(=O)=O. The van der Waals surface area contributed by atoms with Crippen LogP contribution in [0.2, 0.25) is 0 Å². The zero-order valence-corrected chi connectivity index (χ0v) is 11.8. The Morgan fingerprint density at radius 3 is 2.58 bits per heavy atom. The molecule has 0 radical (unpaired) electrons. The van der Waals surface area contributed by atoms with Crippen molar-refractivity contribution >= 4 is 15.7 Å². The molecule has 0 aromatic heterocycles. The molecule has 0 bridgehead atoms. The third kappa shape index (κ3) is 5.17. The van der Waals surface area contributed by atoms with Gasteiger partial charge in [0.05, 0.1) is 19.5 Å². The van der Waals surface area contributed by atoms with Gasteiger partial charge in [0.1, 0.15) is 15.7 Å². The van der Waals surface area contributed by atoms with E-state index in [1.54, 1.807) is 18.2 Å². The van der Waals surface area contributed by atoms with Gasteiger partial charge in [-0.1, -0.05) is 0 Å². The zero-order chi connectivity index (χ0) is 14.5. The van der Waals surface area contributed by atoms with Crippen LogP contribution in [0.5, 0.6) is 11.5 Å². The highest BCUT2D eigenvalue weighted by molar-refractivity contribution is 7.90. The third-order valence-corrected chi connectivity index (χ3v) is 3.42. The van der Waals surface area contributed by atoms with Crippen LogP contribution in [-0.4, -0.2) is 40.0 Å². The first-order valence-electron chi connectivity index (χ1n) is 5.66. The molecule has 0 aliphatic heterocycles. The number of hydrogen-bond donors (Lipinski definition) is 2. The quantitative estimate of drug-likeness (QED) is 0.438. The van der Waals surface area contributed by atoms with Crippen molar-refractivity contribution in [3.63, 3.8) is 0 Å². The minimum atomic E-state index is -2.97. The van der Waals surface area contributed by atoms with Crippen molar-refractivity contribution in [1.82, 2.24) is 0 Å². The molecule has 1 rings (SSSR count). The lowest BCUT2D eigenvalue weighted by Gasteiger charge is -2.11. The van der Waals surface area contributed by atoms with Gasteiger partial charge >= 0.3 is 0 Å². The Bertz CT molecular complexity index is 555. The standard InChI is InChI=1S/C12H18N2O4S/c1-17-11-8-9(12(13)14)4-5-10(11)18-6-3-7-19(2,15)16/h4-5,8H,3,6-7H2,1-2H3,(H3,13,14). The number of hydrogen-bond acceptors (Lipinski definition) is 5. The van der Waals surface area contributed by atoms with E-state index < -0.39 is 9.84 Å². The van der Waals surface area contributed by atoms with Crippen molar-refractivity contribution in [2.75, 3.05) is 25.7 Å². The molecule has 0 saturated heterocycles. The van der Waals surface area contributed by atoms with Crippen LogP contribution in [-0.2, 0) is 9.84 Å². The topological polar surface area (TPSA) is 102 Å². The van der Waals surface area contributed by atoms with Gasteiger partial charge in [0.25, 0.3) is 0 Å². The molecule has 0 aliphatic rings. The van der Waals surface area contributed by atoms with E-state index in [4.69, 9.17) is 20.6 Å². The lowest BCUT2D eigenvalue weighted by molar-refractivity contribution is 0.294. The van der Waals surface area contributed by atoms with E-state index in [1.165, 1.54) is 13.4 Å². The van der Waals surface area contributed by atoms with E-state index in [0.717, 1.165) is 0 Å². The van der Waals surface area contributed by atoms with Crippen LogP contribution in [0.25, 0.3) is 0 Å². The molecule has 0 heterocycles. The first-order chi connectivity index (χ1) is 8.83. The maximum atomic E-state index is 11.0. The molecule has 7 heteroatoms. The minimum absolute atomic E-state index is 0.0538. The molecular weight excluding hydrogens is 268 g/mol. The van der Waals surface area contributed by atoms with E-state index >= 15 is 0 Å². The number of nitrogens with two attached hydrogens (primary N) is 1. The monoisotopic (exact) mass is 286 g/mol. The number of amidine groups is 1. The number of sulfone groups is 1. The van der Waals surface area contributed by atoms with E-state index in [9.17, 15) is 8.42 Å². The normalized spacial score (nSPS) is 11.1. The summed E-state index contributed by atoms with van der Waals surface area (Å²) in [7, 11) is -1.48. The zero-order valence-electron chi connectivity index (χ0n) is 11.0. The summed E-state index contributed by atoms with van der Waals surface area (Å²) in [5.74, 6) is 0.996. The Balaban J connectivity index is 2.66. The highest BCUT2D eigenvalue weighted by Crippen LogP contribution is 2.28. The average molecular weight is 286 g/mol. The first kappa shape index (κ1) is 15.3. The van der Waals surface area contributed by atoms with Gasteiger partial charge in [-0.2, -0.15) is 0 Å². The summed E-state index contributed by atoms with van der Waals surface area (Å²) in [5.41, 5.74) is 5.92. The molecule has 0 saturated carbocycles. The number of methoxy groups -OCH3 is 1. The molecule has 3 N–H and O–H groups in total. The van der Waals surface area contributed by atoms with Gasteiger partial charge in [0, 0.05) is 11.8 Å². The molecule has 19 heavy (non-hydrogen) atoms. The van der Waals surface area contributed by atoms with Gasteiger partial charge in [-0.25, -0.2) is 8.42 Å². The molecule has 1 aromatic carbocycles. The second-order valence-corrected chi connectivity index (χ2v) is 6.37. The van der Waals surface area contributed by atoms with Gasteiger partial charge < -0.3 is 15.2 Å². The van der Waals surface area contributed by atoms with Crippen molar-refractivity contribution < 1.29 is 17.9 Å². The molecule has 0 amide bonds. The highest BCUT2D eigenvalue weighted by atomic mass is 32.2. The Morgan fingerprint density at radius 2 is 2.05 bits per heavy atom. The van der Waals surface area contributed by atoms with Gasteiger partial charge in [0.15, 0.2) is 11.5 Å². The van der Waals surface area contributed by atoms with E-state index in [-0.39, 0.29) is 18.2 Å². The summed E-state index contributed by atoms with van der Waals surface area (Å²) >= 11 is 0. The largest absolute Gasteiger partial charge is 0.493 e. The number of rotatable bonds is 7. The molecule has 0 aliphatic carbocycles. The number of benzene rings is 1. The minimum Gasteiger partial charge on any atom is -0.493 e. The first-order valence-corrected chi connectivity index (χ1v) is 7.72. The predicted molar refractivity (Wildman–Crippen MR) is 73.8 cm³/mol. The molecule has 0 fully saturated rings. The van der Waals surface area contributed by atoms with Crippen molar-refractivity contribution in [2.45, 2.75) is 6.42 Å². The molecule has 1 aromatic rings. The maximum Gasteiger partial charge on any atom is 0.161 e. The van der Waals surface area contributed by atoms with Crippen LogP contribution >= 0.6 is 0 Å². The van der Waals surface area contributed by atoms with Crippen LogP contribution in [0.4, 0.5) is 0 Å². The Hall–Kier alpha value is -1.76. The van der Waals surface area contributed by atoms with E-state index in [0.29, 0.717) is 23.5 Å². The summed E-state index contributed by atoms with van der Waals surface area (Å²) in [6.45, 7) is 0.281. The van der Waals surface area contributed by atoms with Crippen molar-refractivity contribution in [1.29, 1.82) is 5.41 Å². The summed E-state index contributed by atoms with van der Waals surface area (Å²) in [6.07, 6.45) is 1.60. The second kappa shape index (κ2) is 6.42. The van der Waals surface area contributed by atoms with E-state index in [1.807, 2.05) is 0 Å². The maximum absolute atomic E-state index is 11.0. The van der Waals surface area contributed by atoms with Gasteiger partial charge in [-0.05, 0) is 24.6 Å². The molecule has 106 valence electrons. The van der Waals surface area contributed by atoms with Crippen molar-refractivity contribution in [3.8, 4) is 11.5 Å². The van der Waals surface area contributed by atoms with E-state index in [2.05, 4.69) is 0 Å². The Kier molecular flexibility index (Phi) is 5.17. The summed E-state index contributed by atoms with van der Waals surface area (Å²) in [5, 5.41) is 7.33. The summed E-state index contributed by atoms with van der Waals surface area (Å²) in [4.78, 5) is 0. The lowest BCUT2D eigenvalue weighted by atomic mass is 10.2. The van der Waals surface area contributed by atoms with Crippen LogP contribution in [0.1, 0.15) is 12.0 Å². The number of ether oxygens (including phenoxy) is 2. The van der Waals surface area contributed by atoms with Crippen LogP contribution in [0.3, 0.4) is 0 Å². The van der Waals surface area contributed by atoms with Crippen LogP contribution in [0, 0.1) is 5.41 Å². The predicted octanol–water partition coefficient (Wildman–Crippen LogP) is 0.793. The van der Waals surface area contributed by atoms with Crippen molar-refractivity contribution in [3.05, 3.63) is 23.8 Å². The van der Waals surface area contributed by atoms with Gasteiger partial charge in [0.2, 0.25) is 0 Å². The lowest BCUT2D eigenvalue weighted by Crippen LogP contribution is -2.11. The average Bonchev–Trinajstić information content (AvgIpc) is 2.33. The van der Waals surface area contributed by atoms with Crippen LogP contribution < -0.4 is 15.2 Å². The highest BCUT2D eigenvalue weighted by Gasteiger charge is 2.08. The third-order valence-electron chi connectivity index (χ3n) is 2.39. The molecule has 6 nitrogen and oxygen atoms in total. The van der Waals surface area contributed by atoms with Crippen molar-refractivity contribution in [2.24, 2.45) is 5.73 Å². The van der Waals surface area contributed by atoms with Gasteiger partial charge in [-0.3, -0.25) is 5.41 Å². The molecule has 0 atom stereocenters. The Labute approximate surface area is 112 Å².